The van der Waals surface area contributed by atoms with Gasteiger partial charge in [0.2, 0.25) is 16.9 Å². The maximum Gasteiger partial charge on any atom is 0.300 e. The molecule has 140 valence electrons. The quantitative estimate of drug-likeness (QED) is 0.680. The Morgan fingerprint density at radius 1 is 1.46 bits per heavy atom. The molecule has 3 heterocycles. The summed E-state index contributed by atoms with van der Waals surface area (Å²) in [7, 11) is 0. The molecule has 2 aromatic rings. The summed E-state index contributed by atoms with van der Waals surface area (Å²) in [4.78, 5) is 41.6. The number of aryl methyl sites for hydroxylation is 1. The van der Waals surface area contributed by atoms with Gasteiger partial charge in [-0.2, -0.15) is 0 Å². The van der Waals surface area contributed by atoms with Crippen molar-refractivity contribution >= 4 is 34.3 Å². The van der Waals surface area contributed by atoms with Crippen LogP contribution < -0.4 is 10.2 Å². The van der Waals surface area contributed by atoms with Crippen molar-refractivity contribution in [2.75, 3.05) is 18.0 Å². The van der Waals surface area contributed by atoms with E-state index in [1.165, 1.54) is 11.3 Å². The van der Waals surface area contributed by atoms with Crippen LogP contribution in [0.4, 0.5) is 5.13 Å². The number of aromatic nitrogens is 4. The first kappa shape index (κ1) is 19.5. The lowest BCUT2D eigenvalue weighted by Crippen LogP contribution is -2.34. The molecule has 10 nitrogen and oxygen atoms in total. The molecule has 1 aliphatic heterocycles. The standard InChI is InChI=1S/C13H16N6O2S.C2H4O2/c1-8-17-18-13(22-8)19-6-9(4-11(19)20)12(21)15-3-2-10-5-14-7-16-10;1-2(3)4/h5,7,9H,2-4,6H2,1H3,(H,14,16)(H,15,21);1H3,(H,3,4). The molecule has 2 amide bonds. The van der Waals surface area contributed by atoms with Crippen LogP contribution in [-0.2, 0) is 20.8 Å². The highest BCUT2D eigenvalue weighted by Crippen LogP contribution is 2.27. The second kappa shape index (κ2) is 9.04. The maximum atomic E-state index is 12.2. The van der Waals surface area contributed by atoms with E-state index >= 15 is 0 Å². The van der Waals surface area contributed by atoms with Crippen molar-refractivity contribution in [3.05, 3.63) is 23.2 Å². The third kappa shape index (κ3) is 5.62. The summed E-state index contributed by atoms with van der Waals surface area (Å²) in [6, 6.07) is 0. The number of aromatic amines is 1. The number of H-pyrrole nitrogens is 1. The van der Waals surface area contributed by atoms with Crippen molar-refractivity contribution in [2.45, 2.75) is 26.7 Å². The zero-order chi connectivity index (χ0) is 19.1. The summed E-state index contributed by atoms with van der Waals surface area (Å²) >= 11 is 1.36. The average Bonchev–Trinajstić information content (AvgIpc) is 3.28. The van der Waals surface area contributed by atoms with E-state index < -0.39 is 5.97 Å². The largest absolute Gasteiger partial charge is 0.481 e. The first-order valence-corrected chi connectivity index (χ1v) is 8.73. The summed E-state index contributed by atoms with van der Waals surface area (Å²) < 4.78 is 0. The minimum Gasteiger partial charge on any atom is -0.481 e. The first-order chi connectivity index (χ1) is 12.4. The summed E-state index contributed by atoms with van der Waals surface area (Å²) in [5.41, 5.74) is 0.966. The fourth-order valence-corrected chi connectivity index (χ4v) is 3.06. The van der Waals surface area contributed by atoms with Crippen molar-refractivity contribution in [1.29, 1.82) is 0 Å². The Labute approximate surface area is 153 Å². The van der Waals surface area contributed by atoms with Crippen LogP contribution in [0.5, 0.6) is 0 Å². The second-order valence-corrected chi connectivity index (χ2v) is 6.81. The van der Waals surface area contributed by atoms with Crippen molar-refractivity contribution in [3.63, 3.8) is 0 Å². The fraction of sp³-hybridized carbons (Fsp3) is 0.467. The van der Waals surface area contributed by atoms with E-state index in [-0.39, 0.29) is 24.2 Å². The van der Waals surface area contributed by atoms with Gasteiger partial charge in [-0.3, -0.25) is 19.3 Å². The molecule has 3 rings (SSSR count). The van der Waals surface area contributed by atoms with Crippen LogP contribution in [0.3, 0.4) is 0 Å². The molecular formula is C15H20N6O4S. The Bertz CT molecular complexity index is 756. The molecule has 1 atom stereocenters. The van der Waals surface area contributed by atoms with E-state index in [1.807, 2.05) is 6.92 Å². The minimum atomic E-state index is -0.833. The van der Waals surface area contributed by atoms with Gasteiger partial charge in [0.25, 0.3) is 5.97 Å². The molecule has 0 aliphatic carbocycles. The van der Waals surface area contributed by atoms with Gasteiger partial charge in [0, 0.05) is 44.7 Å². The van der Waals surface area contributed by atoms with Crippen LogP contribution in [0, 0.1) is 12.8 Å². The number of imidazole rings is 1. The minimum absolute atomic E-state index is 0.0788. The Morgan fingerprint density at radius 3 is 2.77 bits per heavy atom. The predicted octanol–water partition coefficient (Wildman–Crippen LogP) is 0.372. The van der Waals surface area contributed by atoms with Gasteiger partial charge in [0.1, 0.15) is 5.01 Å². The molecule has 26 heavy (non-hydrogen) atoms. The third-order valence-corrected chi connectivity index (χ3v) is 4.35. The van der Waals surface area contributed by atoms with Gasteiger partial charge in [0.05, 0.1) is 12.2 Å². The lowest BCUT2D eigenvalue weighted by atomic mass is 10.1. The Kier molecular flexibility index (Phi) is 6.78. The zero-order valence-electron chi connectivity index (χ0n) is 14.4. The lowest BCUT2D eigenvalue weighted by molar-refractivity contribution is -0.134. The van der Waals surface area contributed by atoms with Crippen LogP contribution in [0.1, 0.15) is 24.0 Å². The van der Waals surface area contributed by atoms with Crippen LogP contribution in [0.15, 0.2) is 12.5 Å². The zero-order valence-corrected chi connectivity index (χ0v) is 15.2. The molecule has 1 saturated heterocycles. The van der Waals surface area contributed by atoms with Gasteiger partial charge in [0.15, 0.2) is 0 Å². The van der Waals surface area contributed by atoms with Gasteiger partial charge in [-0.15, -0.1) is 10.2 Å². The van der Waals surface area contributed by atoms with Crippen LogP contribution in [0.25, 0.3) is 0 Å². The van der Waals surface area contributed by atoms with E-state index in [0.717, 1.165) is 17.6 Å². The smallest absolute Gasteiger partial charge is 0.300 e. The lowest BCUT2D eigenvalue weighted by Gasteiger charge is -2.12. The first-order valence-electron chi connectivity index (χ1n) is 7.91. The number of carbonyl (C=O) groups is 3. The monoisotopic (exact) mass is 380 g/mol. The van der Waals surface area contributed by atoms with Gasteiger partial charge < -0.3 is 15.4 Å². The van der Waals surface area contributed by atoms with Gasteiger partial charge in [-0.25, -0.2) is 4.98 Å². The van der Waals surface area contributed by atoms with Crippen molar-refractivity contribution in [1.82, 2.24) is 25.5 Å². The number of rotatable bonds is 5. The van der Waals surface area contributed by atoms with Gasteiger partial charge in [-0.05, 0) is 6.92 Å². The molecular weight excluding hydrogens is 360 g/mol. The number of anilines is 1. The molecule has 2 aromatic heterocycles. The number of carboxylic acid groups (broad SMARTS) is 1. The summed E-state index contributed by atoms with van der Waals surface area (Å²) in [5.74, 6) is -1.35. The number of carbonyl (C=O) groups excluding carboxylic acids is 2. The molecule has 0 bridgehead atoms. The summed E-state index contributed by atoms with van der Waals surface area (Å²) in [5, 5.41) is 19.5. The van der Waals surface area contributed by atoms with E-state index in [4.69, 9.17) is 9.90 Å². The predicted molar refractivity (Wildman–Crippen MR) is 93.7 cm³/mol. The maximum absolute atomic E-state index is 12.2. The van der Waals surface area contributed by atoms with E-state index in [2.05, 4.69) is 25.5 Å². The van der Waals surface area contributed by atoms with E-state index in [1.54, 1.807) is 17.4 Å². The Balaban J connectivity index is 0.000000552. The number of nitrogens with zero attached hydrogens (tertiary/aromatic N) is 4. The molecule has 11 heteroatoms. The molecule has 0 radical (unpaired) electrons. The molecule has 1 fully saturated rings. The molecule has 1 unspecified atom stereocenters. The Hall–Kier alpha value is -2.82. The Morgan fingerprint density at radius 2 is 2.19 bits per heavy atom. The highest BCUT2D eigenvalue weighted by Gasteiger charge is 2.36. The molecule has 3 N–H and O–H groups in total. The summed E-state index contributed by atoms with van der Waals surface area (Å²) in [6.07, 6.45) is 4.24. The number of hydrogen-bond donors (Lipinski definition) is 3. The average molecular weight is 380 g/mol. The normalized spacial score (nSPS) is 16.2. The molecule has 1 aliphatic rings. The highest BCUT2D eigenvalue weighted by atomic mass is 32.1. The number of carboxylic acids is 1. The van der Waals surface area contributed by atoms with Crippen LogP contribution >= 0.6 is 11.3 Å². The fourth-order valence-electron chi connectivity index (χ4n) is 2.35. The summed E-state index contributed by atoms with van der Waals surface area (Å²) in [6.45, 7) is 3.80. The topological polar surface area (TPSA) is 141 Å². The molecule has 0 spiro atoms. The van der Waals surface area contributed by atoms with Crippen molar-refractivity contribution < 1.29 is 19.5 Å². The second-order valence-electron chi connectivity index (χ2n) is 5.65. The van der Waals surface area contributed by atoms with Crippen LogP contribution in [-0.4, -0.2) is 56.1 Å². The van der Waals surface area contributed by atoms with E-state index in [9.17, 15) is 9.59 Å². The SMILES string of the molecule is CC(=O)O.Cc1nnc(N2CC(C(=O)NCCc3cnc[nH]3)CC2=O)s1. The molecule has 0 saturated carbocycles. The van der Waals surface area contributed by atoms with Crippen molar-refractivity contribution in [2.24, 2.45) is 5.92 Å². The van der Waals surface area contributed by atoms with Crippen LogP contribution in [0.2, 0.25) is 0 Å². The van der Waals surface area contributed by atoms with E-state index in [0.29, 0.717) is 24.6 Å². The number of nitrogens with one attached hydrogen (secondary N) is 2. The van der Waals surface area contributed by atoms with Crippen molar-refractivity contribution in [3.8, 4) is 0 Å². The third-order valence-electron chi connectivity index (χ3n) is 3.49. The van der Waals surface area contributed by atoms with Gasteiger partial charge >= 0.3 is 0 Å². The molecule has 0 aromatic carbocycles. The van der Waals surface area contributed by atoms with Gasteiger partial charge in [-0.1, -0.05) is 11.3 Å². The number of aliphatic carboxylic acids is 1. The number of amides is 2. The number of hydrogen-bond acceptors (Lipinski definition) is 7. The highest BCUT2D eigenvalue weighted by molar-refractivity contribution is 7.15.